The molecule has 1 aromatic rings. The number of hydrogen-bond acceptors (Lipinski definition) is 3. The molecule has 1 saturated heterocycles. The molecule has 0 aromatic carbocycles. The maximum atomic E-state index is 12.3. The fourth-order valence-corrected chi connectivity index (χ4v) is 2.88. The number of aromatic amines is 1. The molecule has 20 heavy (non-hydrogen) atoms. The van der Waals surface area contributed by atoms with Gasteiger partial charge in [-0.1, -0.05) is 6.08 Å². The number of carbonyl (C=O) groups excluding carboxylic acids is 1. The van der Waals surface area contributed by atoms with Gasteiger partial charge in [0.1, 0.15) is 0 Å². The van der Waals surface area contributed by atoms with Crippen molar-refractivity contribution >= 4 is 12.1 Å². The molecule has 0 aliphatic carbocycles. The number of hydrogen-bond donors (Lipinski definition) is 1. The first-order valence-electron chi connectivity index (χ1n) is 7.29. The maximum absolute atomic E-state index is 12.3. The Morgan fingerprint density at radius 2 is 2.25 bits per heavy atom. The van der Waals surface area contributed by atoms with Gasteiger partial charge in [-0.05, 0) is 31.6 Å². The first kappa shape index (κ1) is 13.1. The highest BCUT2D eigenvalue weighted by Gasteiger charge is 2.24. The van der Waals surface area contributed by atoms with Gasteiger partial charge in [0.05, 0.1) is 11.9 Å². The zero-order valence-electron chi connectivity index (χ0n) is 11.6. The number of likely N-dealkylation sites (tertiary alicyclic amines) is 1. The summed E-state index contributed by atoms with van der Waals surface area (Å²) in [5.41, 5.74) is 1.96. The SMILES string of the molecule is O=C(C1=CCCN=C1)N1CCC(Cc2cnc[nH]2)CC1. The number of carbonyl (C=O) groups is 1. The molecule has 3 heterocycles. The molecule has 5 heteroatoms. The van der Waals surface area contributed by atoms with E-state index in [4.69, 9.17) is 0 Å². The lowest BCUT2D eigenvalue weighted by atomic mass is 9.92. The summed E-state index contributed by atoms with van der Waals surface area (Å²) in [6.45, 7) is 2.51. The van der Waals surface area contributed by atoms with Crippen LogP contribution in [0.25, 0.3) is 0 Å². The molecular formula is C15H20N4O. The summed E-state index contributed by atoms with van der Waals surface area (Å²) < 4.78 is 0. The van der Waals surface area contributed by atoms with Gasteiger partial charge in [0.25, 0.3) is 5.91 Å². The van der Waals surface area contributed by atoms with Crippen LogP contribution in [0.15, 0.2) is 29.2 Å². The van der Waals surface area contributed by atoms with Crippen LogP contribution in [0.3, 0.4) is 0 Å². The Hall–Kier alpha value is -1.91. The number of aliphatic imine (C=N–C) groups is 1. The van der Waals surface area contributed by atoms with E-state index >= 15 is 0 Å². The van der Waals surface area contributed by atoms with Crippen molar-refractivity contribution in [2.24, 2.45) is 10.9 Å². The quantitative estimate of drug-likeness (QED) is 0.908. The van der Waals surface area contributed by atoms with Gasteiger partial charge in [0, 0.05) is 37.7 Å². The summed E-state index contributed by atoms with van der Waals surface area (Å²) >= 11 is 0. The van der Waals surface area contributed by atoms with Gasteiger partial charge in [-0.25, -0.2) is 4.98 Å². The molecule has 0 saturated carbocycles. The second-order valence-corrected chi connectivity index (χ2v) is 5.50. The van der Waals surface area contributed by atoms with Crippen LogP contribution >= 0.6 is 0 Å². The van der Waals surface area contributed by atoms with E-state index in [9.17, 15) is 4.79 Å². The summed E-state index contributed by atoms with van der Waals surface area (Å²) in [4.78, 5) is 25.7. The van der Waals surface area contributed by atoms with E-state index in [0.717, 1.165) is 50.9 Å². The van der Waals surface area contributed by atoms with Crippen molar-refractivity contribution in [3.05, 3.63) is 29.9 Å². The molecule has 106 valence electrons. The molecule has 0 atom stereocenters. The molecule has 1 aromatic heterocycles. The van der Waals surface area contributed by atoms with Gasteiger partial charge in [0.2, 0.25) is 0 Å². The summed E-state index contributed by atoms with van der Waals surface area (Å²) in [5, 5.41) is 0. The van der Waals surface area contributed by atoms with Gasteiger partial charge >= 0.3 is 0 Å². The van der Waals surface area contributed by atoms with E-state index in [1.165, 1.54) is 5.69 Å². The zero-order valence-corrected chi connectivity index (χ0v) is 11.6. The third-order valence-electron chi connectivity index (χ3n) is 4.06. The van der Waals surface area contributed by atoms with Crippen molar-refractivity contribution in [2.45, 2.75) is 25.7 Å². The highest BCUT2D eigenvalue weighted by Crippen LogP contribution is 2.22. The van der Waals surface area contributed by atoms with Crippen LogP contribution in [0, 0.1) is 5.92 Å². The first-order chi connectivity index (χ1) is 9.83. The van der Waals surface area contributed by atoms with Gasteiger partial charge in [-0.15, -0.1) is 0 Å². The lowest BCUT2D eigenvalue weighted by Gasteiger charge is -2.32. The zero-order chi connectivity index (χ0) is 13.8. The Labute approximate surface area is 118 Å². The van der Waals surface area contributed by atoms with E-state index in [1.54, 1.807) is 12.5 Å². The minimum absolute atomic E-state index is 0.147. The number of nitrogens with zero attached hydrogens (tertiary/aromatic N) is 3. The van der Waals surface area contributed by atoms with Gasteiger partial charge in [-0.2, -0.15) is 0 Å². The molecule has 1 N–H and O–H groups in total. The number of imidazole rings is 1. The Bertz CT molecular complexity index is 510. The van der Waals surface area contributed by atoms with E-state index in [0.29, 0.717) is 5.92 Å². The van der Waals surface area contributed by atoms with Crippen LogP contribution < -0.4 is 0 Å². The topological polar surface area (TPSA) is 61.4 Å². The lowest BCUT2D eigenvalue weighted by Crippen LogP contribution is -2.40. The van der Waals surface area contributed by atoms with Crippen molar-refractivity contribution in [3.63, 3.8) is 0 Å². The highest BCUT2D eigenvalue weighted by atomic mass is 16.2. The average Bonchev–Trinajstić information content (AvgIpc) is 3.01. The average molecular weight is 272 g/mol. The fraction of sp³-hybridized carbons (Fsp3) is 0.533. The smallest absolute Gasteiger partial charge is 0.255 e. The summed E-state index contributed by atoms with van der Waals surface area (Å²) in [6, 6.07) is 0. The van der Waals surface area contributed by atoms with Crippen LogP contribution in [0.4, 0.5) is 0 Å². The Kier molecular flexibility index (Phi) is 3.95. The second kappa shape index (κ2) is 6.03. The van der Waals surface area contributed by atoms with Crippen LogP contribution in [0.1, 0.15) is 25.0 Å². The molecule has 2 aliphatic rings. The Balaban J connectivity index is 1.52. The number of dihydropyridines is 1. The number of nitrogens with one attached hydrogen (secondary N) is 1. The Morgan fingerprint density at radius 3 is 2.90 bits per heavy atom. The van der Waals surface area contributed by atoms with Crippen molar-refractivity contribution in [2.75, 3.05) is 19.6 Å². The molecule has 3 rings (SSSR count). The highest BCUT2D eigenvalue weighted by molar-refractivity contribution is 6.12. The van der Waals surface area contributed by atoms with E-state index in [2.05, 4.69) is 15.0 Å². The number of aromatic nitrogens is 2. The summed E-state index contributed by atoms with van der Waals surface area (Å²) in [6.07, 6.45) is 11.4. The van der Waals surface area contributed by atoms with Crippen molar-refractivity contribution in [3.8, 4) is 0 Å². The molecule has 5 nitrogen and oxygen atoms in total. The van der Waals surface area contributed by atoms with Gasteiger partial charge in [-0.3, -0.25) is 9.79 Å². The molecule has 1 amide bonds. The minimum Gasteiger partial charge on any atom is -0.348 e. The van der Waals surface area contributed by atoms with E-state index < -0.39 is 0 Å². The molecule has 2 aliphatic heterocycles. The molecule has 0 radical (unpaired) electrons. The predicted molar refractivity (Wildman–Crippen MR) is 77.7 cm³/mol. The van der Waals surface area contributed by atoms with Crippen LogP contribution in [0.5, 0.6) is 0 Å². The molecule has 0 unspecified atom stereocenters. The monoisotopic (exact) mass is 272 g/mol. The lowest BCUT2D eigenvalue weighted by molar-refractivity contribution is -0.127. The van der Waals surface area contributed by atoms with Gasteiger partial charge < -0.3 is 9.88 Å². The fourth-order valence-electron chi connectivity index (χ4n) is 2.88. The van der Waals surface area contributed by atoms with Crippen molar-refractivity contribution < 1.29 is 4.79 Å². The second-order valence-electron chi connectivity index (χ2n) is 5.50. The third kappa shape index (κ3) is 2.98. The first-order valence-corrected chi connectivity index (χ1v) is 7.29. The number of piperidine rings is 1. The predicted octanol–water partition coefficient (Wildman–Crippen LogP) is 1.59. The van der Waals surface area contributed by atoms with E-state index in [-0.39, 0.29) is 5.91 Å². The van der Waals surface area contributed by atoms with Gasteiger partial charge in [0.15, 0.2) is 0 Å². The largest absolute Gasteiger partial charge is 0.348 e. The number of rotatable bonds is 3. The number of H-pyrrole nitrogens is 1. The normalized spacial score (nSPS) is 20.0. The summed E-state index contributed by atoms with van der Waals surface area (Å²) in [7, 11) is 0. The minimum atomic E-state index is 0.147. The van der Waals surface area contributed by atoms with Crippen LogP contribution in [0.2, 0.25) is 0 Å². The van der Waals surface area contributed by atoms with Crippen LogP contribution in [-0.2, 0) is 11.2 Å². The standard InChI is InChI=1S/C15H20N4O/c20-15(13-2-1-5-16-9-13)19-6-3-12(4-7-19)8-14-10-17-11-18-14/h2,9-12H,1,3-8H2,(H,17,18). The molecular weight excluding hydrogens is 252 g/mol. The third-order valence-corrected chi connectivity index (χ3v) is 4.06. The van der Waals surface area contributed by atoms with Crippen molar-refractivity contribution in [1.29, 1.82) is 0 Å². The van der Waals surface area contributed by atoms with Crippen LogP contribution in [-0.4, -0.2) is 46.6 Å². The maximum Gasteiger partial charge on any atom is 0.255 e. The van der Waals surface area contributed by atoms with E-state index in [1.807, 2.05) is 17.2 Å². The van der Waals surface area contributed by atoms with Crippen molar-refractivity contribution in [1.82, 2.24) is 14.9 Å². The summed E-state index contributed by atoms with van der Waals surface area (Å²) in [5.74, 6) is 0.793. The molecule has 0 bridgehead atoms. The Morgan fingerprint density at radius 1 is 1.40 bits per heavy atom. The molecule has 0 spiro atoms. The number of amides is 1. The molecule has 1 fully saturated rings.